The van der Waals surface area contributed by atoms with Crippen molar-refractivity contribution in [2.75, 3.05) is 0 Å². The predicted molar refractivity (Wildman–Crippen MR) is 117 cm³/mol. The fourth-order valence-electron chi connectivity index (χ4n) is 3.32. The summed E-state index contributed by atoms with van der Waals surface area (Å²) in [6, 6.07) is 6.01. The number of aliphatic hydroxyl groups excluding tert-OH is 3. The molecule has 32 heavy (non-hydrogen) atoms. The number of nitrogens with one attached hydrogen (secondary N) is 1. The van der Waals surface area contributed by atoms with Gasteiger partial charge >= 0.3 is 12.1 Å². The first-order valence-electron chi connectivity index (χ1n) is 10.5. The van der Waals surface area contributed by atoms with Gasteiger partial charge in [0.2, 0.25) is 0 Å². The lowest BCUT2D eigenvalue weighted by Crippen LogP contribution is -2.56. The average Bonchev–Trinajstić information content (AvgIpc) is 2.69. The third-order valence-corrected chi connectivity index (χ3v) is 5.04. The van der Waals surface area contributed by atoms with E-state index < -0.39 is 54.2 Å². The van der Waals surface area contributed by atoms with Crippen LogP contribution < -0.4 is 5.32 Å². The third kappa shape index (κ3) is 7.59. The Kier molecular flexibility index (Phi) is 8.80. The van der Waals surface area contributed by atoms with E-state index >= 15 is 0 Å². The van der Waals surface area contributed by atoms with Crippen molar-refractivity contribution in [3.8, 4) is 0 Å². The van der Waals surface area contributed by atoms with Gasteiger partial charge in [-0.2, -0.15) is 0 Å². The third-order valence-electron chi connectivity index (χ3n) is 5.04. The van der Waals surface area contributed by atoms with Crippen LogP contribution in [0.5, 0.6) is 0 Å². The Hall–Kier alpha value is -2.46. The van der Waals surface area contributed by atoms with Crippen molar-refractivity contribution < 1.29 is 39.5 Å². The fraction of sp³-hybridized carbons (Fsp3) is 0.565. The molecule has 9 nitrogen and oxygen atoms in total. The molecule has 9 heteroatoms. The molecule has 1 amide bonds. The van der Waals surface area contributed by atoms with Gasteiger partial charge in [0.25, 0.3) is 0 Å². The number of carbonyl (C=O) groups excluding carboxylic acids is 1. The summed E-state index contributed by atoms with van der Waals surface area (Å²) in [6.07, 6.45) is -1.51. The molecule has 0 bridgehead atoms. The number of carboxylic acid groups (broad SMARTS) is 1. The van der Waals surface area contributed by atoms with Gasteiger partial charge in [0.1, 0.15) is 30.0 Å². The smallest absolute Gasteiger partial charge is 0.408 e. The van der Waals surface area contributed by atoms with Crippen molar-refractivity contribution >= 4 is 18.1 Å². The van der Waals surface area contributed by atoms with Gasteiger partial charge in [-0.1, -0.05) is 36.4 Å². The predicted octanol–water partition coefficient (Wildman–Crippen LogP) is 1.48. The molecule has 0 radical (unpaired) electrons. The summed E-state index contributed by atoms with van der Waals surface area (Å²) in [4.78, 5) is 23.4. The Labute approximate surface area is 187 Å². The molecule has 1 aliphatic heterocycles. The largest absolute Gasteiger partial charge is 0.480 e. The van der Waals surface area contributed by atoms with Crippen molar-refractivity contribution in [1.82, 2.24) is 5.32 Å². The van der Waals surface area contributed by atoms with Crippen molar-refractivity contribution in [2.45, 2.75) is 82.7 Å². The number of carbonyl (C=O) groups is 2. The Bertz CT molecular complexity index is 801. The van der Waals surface area contributed by atoms with E-state index in [9.17, 15) is 30.0 Å². The molecule has 0 saturated carbocycles. The molecule has 0 aliphatic carbocycles. The van der Waals surface area contributed by atoms with Crippen molar-refractivity contribution in [3.05, 3.63) is 41.5 Å². The number of benzene rings is 1. The van der Waals surface area contributed by atoms with Gasteiger partial charge in [0.15, 0.2) is 0 Å². The maximum Gasteiger partial charge on any atom is 0.408 e. The van der Waals surface area contributed by atoms with Gasteiger partial charge in [-0.3, -0.25) is 0 Å². The van der Waals surface area contributed by atoms with E-state index in [0.29, 0.717) is 6.42 Å². The maximum atomic E-state index is 11.9. The van der Waals surface area contributed by atoms with Gasteiger partial charge in [-0.15, -0.1) is 0 Å². The first-order chi connectivity index (χ1) is 14.9. The summed E-state index contributed by atoms with van der Waals surface area (Å²) in [6.45, 7) is 6.72. The number of ether oxygens (including phenoxy) is 2. The second-order valence-corrected chi connectivity index (χ2v) is 8.97. The number of aliphatic carboxylic acids is 1. The lowest BCUT2D eigenvalue weighted by atomic mass is 9.94. The highest BCUT2D eigenvalue weighted by Crippen LogP contribution is 2.23. The average molecular weight is 452 g/mol. The highest BCUT2D eigenvalue weighted by molar-refractivity contribution is 5.80. The molecule has 1 fully saturated rings. The Morgan fingerprint density at radius 1 is 1.12 bits per heavy atom. The molecule has 0 spiro atoms. The zero-order chi connectivity index (χ0) is 24.1. The van der Waals surface area contributed by atoms with Crippen molar-refractivity contribution in [1.29, 1.82) is 0 Å². The minimum absolute atomic E-state index is 0.0960. The lowest BCUT2D eigenvalue weighted by Gasteiger charge is -2.39. The van der Waals surface area contributed by atoms with Crippen LogP contribution >= 0.6 is 0 Å². The Balaban J connectivity index is 1.93. The monoisotopic (exact) mass is 451 g/mol. The Morgan fingerprint density at radius 2 is 1.75 bits per heavy atom. The number of aliphatic hydroxyl groups is 3. The molecule has 0 aromatic heterocycles. The highest BCUT2D eigenvalue weighted by atomic mass is 16.6. The zero-order valence-electron chi connectivity index (χ0n) is 18.8. The van der Waals surface area contributed by atoms with E-state index in [0.717, 1.165) is 11.1 Å². The standard InChI is InChI=1S/C23H33NO8/c1-13-18(25)20(27)19(26)17(31-13)7-5-6-14-8-10-15(11-9-14)12-16(21(28)29)24-22(30)32-23(2,3)4/h5-6,8-11,13,16-20,25-27H,7,12H2,1-4H3,(H,24,30)(H,28,29)/t13?,16?,17-,18+,19?,20-/m0/s1. The van der Waals surface area contributed by atoms with Gasteiger partial charge in [0, 0.05) is 6.42 Å². The quantitative estimate of drug-likeness (QED) is 0.419. The first kappa shape index (κ1) is 25.8. The number of hydrogen-bond donors (Lipinski definition) is 5. The summed E-state index contributed by atoms with van der Waals surface area (Å²) in [5.41, 5.74) is 0.845. The minimum Gasteiger partial charge on any atom is -0.480 e. The van der Waals surface area contributed by atoms with Crippen LogP contribution in [-0.2, 0) is 20.7 Å². The summed E-state index contributed by atoms with van der Waals surface area (Å²) in [7, 11) is 0. The van der Waals surface area contributed by atoms with E-state index in [1.165, 1.54) is 0 Å². The summed E-state index contributed by atoms with van der Waals surface area (Å²) >= 11 is 0. The van der Waals surface area contributed by atoms with Crippen LogP contribution in [0.1, 0.15) is 45.2 Å². The summed E-state index contributed by atoms with van der Waals surface area (Å²) < 4.78 is 10.7. The number of amides is 1. The molecule has 2 rings (SSSR count). The SMILES string of the molecule is CC1O[C@@H](CC=Cc2ccc(CC(NC(=O)OC(C)(C)C)C(=O)O)cc2)C(O)[C@@H](O)[C@@H]1O. The molecule has 1 heterocycles. The van der Waals surface area contributed by atoms with E-state index in [4.69, 9.17) is 9.47 Å². The number of rotatable bonds is 7. The molecule has 3 unspecified atom stereocenters. The maximum absolute atomic E-state index is 11.9. The molecule has 1 aliphatic rings. The van der Waals surface area contributed by atoms with Crippen LogP contribution in [0.15, 0.2) is 30.3 Å². The normalized spacial score (nSPS) is 27.2. The minimum atomic E-state index is -1.26. The molecular weight excluding hydrogens is 418 g/mol. The molecule has 6 atom stereocenters. The van der Waals surface area contributed by atoms with Crippen LogP contribution in [0.4, 0.5) is 4.79 Å². The zero-order valence-corrected chi connectivity index (χ0v) is 18.8. The molecule has 1 aromatic rings. The second-order valence-electron chi connectivity index (χ2n) is 8.97. The topological polar surface area (TPSA) is 146 Å². The van der Waals surface area contributed by atoms with E-state index in [1.807, 2.05) is 6.08 Å². The fourth-order valence-corrected chi connectivity index (χ4v) is 3.32. The van der Waals surface area contributed by atoms with Crippen molar-refractivity contribution in [2.24, 2.45) is 0 Å². The number of carboxylic acids is 1. The van der Waals surface area contributed by atoms with Gasteiger partial charge < -0.3 is 35.2 Å². The Morgan fingerprint density at radius 3 is 2.31 bits per heavy atom. The molecule has 178 valence electrons. The summed E-state index contributed by atoms with van der Waals surface area (Å²) in [5.74, 6) is -1.16. The molecule has 5 N–H and O–H groups in total. The summed E-state index contributed by atoms with van der Waals surface area (Å²) in [5, 5.41) is 41.4. The van der Waals surface area contributed by atoms with Crippen LogP contribution in [0, 0.1) is 0 Å². The lowest BCUT2D eigenvalue weighted by molar-refractivity contribution is -0.215. The second kappa shape index (κ2) is 10.9. The van der Waals surface area contributed by atoms with E-state index in [1.54, 1.807) is 58.0 Å². The molecular formula is C23H33NO8. The van der Waals surface area contributed by atoms with E-state index in [-0.39, 0.29) is 6.42 Å². The molecule has 1 saturated heterocycles. The van der Waals surface area contributed by atoms with Gasteiger partial charge in [0.05, 0.1) is 12.2 Å². The van der Waals surface area contributed by atoms with Crippen LogP contribution in [-0.4, -0.2) is 74.7 Å². The van der Waals surface area contributed by atoms with Gasteiger partial charge in [-0.05, 0) is 45.2 Å². The van der Waals surface area contributed by atoms with Crippen LogP contribution in [0.25, 0.3) is 6.08 Å². The first-order valence-corrected chi connectivity index (χ1v) is 10.5. The van der Waals surface area contributed by atoms with Crippen molar-refractivity contribution in [3.63, 3.8) is 0 Å². The van der Waals surface area contributed by atoms with Crippen LogP contribution in [0.2, 0.25) is 0 Å². The van der Waals surface area contributed by atoms with E-state index in [2.05, 4.69) is 5.32 Å². The van der Waals surface area contributed by atoms with Gasteiger partial charge in [-0.25, -0.2) is 9.59 Å². The van der Waals surface area contributed by atoms with Crippen LogP contribution in [0.3, 0.4) is 0 Å². The number of alkyl carbamates (subject to hydrolysis) is 1. The molecule has 1 aromatic carbocycles. The number of hydrogen-bond acceptors (Lipinski definition) is 7. The highest BCUT2D eigenvalue weighted by Gasteiger charge is 2.40.